The van der Waals surface area contributed by atoms with Crippen molar-refractivity contribution in [3.63, 3.8) is 0 Å². The lowest BCUT2D eigenvalue weighted by molar-refractivity contribution is 0.0219. The highest BCUT2D eigenvalue weighted by Gasteiger charge is 2.36. The number of carboxylic acid groups (broad SMARTS) is 1. The van der Waals surface area contributed by atoms with Crippen LogP contribution in [0.5, 0.6) is 0 Å². The van der Waals surface area contributed by atoms with Crippen LogP contribution in [0.3, 0.4) is 0 Å². The van der Waals surface area contributed by atoms with E-state index in [-0.39, 0.29) is 37.1 Å². The SMILES string of the molecule is CC(C)(C)OC(=O)N1CCc2c(c(C(=O)O)nn2CCN2C(=O)c3ccccc3C2=O)C1. The van der Waals surface area contributed by atoms with Gasteiger partial charge in [0.2, 0.25) is 0 Å². The molecule has 1 aromatic heterocycles. The molecule has 0 saturated carbocycles. The molecule has 2 aliphatic rings. The predicted octanol–water partition coefficient (Wildman–Crippen LogP) is 2.17. The Labute approximate surface area is 184 Å². The summed E-state index contributed by atoms with van der Waals surface area (Å²) in [5.41, 5.74) is 1.04. The molecule has 2 aromatic rings. The largest absolute Gasteiger partial charge is 0.476 e. The van der Waals surface area contributed by atoms with E-state index in [4.69, 9.17) is 4.74 Å². The maximum atomic E-state index is 12.6. The number of hydrogen-bond acceptors (Lipinski definition) is 6. The van der Waals surface area contributed by atoms with Crippen molar-refractivity contribution in [2.75, 3.05) is 13.1 Å². The molecule has 2 aliphatic heterocycles. The van der Waals surface area contributed by atoms with Crippen LogP contribution >= 0.6 is 0 Å². The molecule has 168 valence electrons. The van der Waals surface area contributed by atoms with E-state index in [1.54, 1.807) is 45.0 Å². The van der Waals surface area contributed by atoms with Crippen LogP contribution in [0, 0.1) is 0 Å². The quantitative estimate of drug-likeness (QED) is 0.723. The second-order valence-corrected chi connectivity index (χ2v) is 8.76. The van der Waals surface area contributed by atoms with Crippen LogP contribution in [0.2, 0.25) is 0 Å². The Kier molecular flexibility index (Phi) is 5.23. The Morgan fingerprint density at radius 3 is 2.28 bits per heavy atom. The second kappa shape index (κ2) is 7.77. The molecule has 0 aliphatic carbocycles. The van der Waals surface area contributed by atoms with Gasteiger partial charge in [-0.2, -0.15) is 5.10 Å². The van der Waals surface area contributed by atoms with Crippen LogP contribution in [0.4, 0.5) is 4.79 Å². The zero-order chi connectivity index (χ0) is 23.2. The van der Waals surface area contributed by atoms with Gasteiger partial charge in [-0.1, -0.05) is 12.1 Å². The van der Waals surface area contributed by atoms with E-state index in [0.717, 1.165) is 4.90 Å². The first-order chi connectivity index (χ1) is 15.1. The van der Waals surface area contributed by atoms with Crippen molar-refractivity contribution in [1.29, 1.82) is 0 Å². The van der Waals surface area contributed by atoms with Crippen molar-refractivity contribution in [2.45, 2.75) is 45.9 Å². The molecule has 0 bridgehead atoms. The van der Waals surface area contributed by atoms with E-state index in [0.29, 0.717) is 35.3 Å². The Hall–Kier alpha value is -3.69. The molecular formula is C22H24N4O6. The highest BCUT2D eigenvalue weighted by atomic mass is 16.6. The summed E-state index contributed by atoms with van der Waals surface area (Å²) in [7, 11) is 0. The number of carboxylic acids is 1. The van der Waals surface area contributed by atoms with Crippen LogP contribution in [0.25, 0.3) is 0 Å². The van der Waals surface area contributed by atoms with Crippen LogP contribution in [-0.2, 0) is 24.2 Å². The van der Waals surface area contributed by atoms with Gasteiger partial charge in [-0.3, -0.25) is 19.2 Å². The molecular weight excluding hydrogens is 416 g/mol. The van der Waals surface area contributed by atoms with E-state index < -0.39 is 17.7 Å². The molecule has 1 aromatic carbocycles. The standard InChI is InChI=1S/C22H24N4O6/c1-22(2,3)32-21(31)24-9-8-16-15(12-24)17(20(29)30)23-26(16)11-10-25-18(27)13-6-4-5-7-14(13)19(25)28/h4-7H,8-12H2,1-3H3,(H,29,30). The van der Waals surface area contributed by atoms with Gasteiger partial charge in [0.1, 0.15) is 5.60 Å². The highest BCUT2D eigenvalue weighted by Crippen LogP contribution is 2.26. The molecule has 0 radical (unpaired) electrons. The predicted molar refractivity (Wildman–Crippen MR) is 111 cm³/mol. The minimum absolute atomic E-state index is 0.0648. The van der Waals surface area contributed by atoms with E-state index in [9.17, 15) is 24.3 Å². The number of amides is 3. The van der Waals surface area contributed by atoms with E-state index >= 15 is 0 Å². The van der Waals surface area contributed by atoms with E-state index in [2.05, 4.69) is 5.10 Å². The molecule has 0 saturated heterocycles. The normalized spacial score (nSPS) is 15.6. The summed E-state index contributed by atoms with van der Waals surface area (Å²) in [6, 6.07) is 6.62. The number of hydrogen-bond donors (Lipinski definition) is 1. The van der Waals surface area contributed by atoms with Crippen LogP contribution < -0.4 is 0 Å². The average molecular weight is 440 g/mol. The van der Waals surface area contributed by atoms with Gasteiger partial charge in [0.15, 0.2) is 5.69 Å². The average Bonchev–Trinajstić information content (AvgIpc) is 3.21. The maximum absolute atomic E-state index is 12.6. The number of rotatable bonds is 4. The molecule has 3 heterocycles. The van der Waals surface area contributed by atoms with E-state index in [1.165, 1.54) is 9.58 Å². The highest BCUT2D eigenvalue weighted by molar-refractivity contribution is 6.21. The van der Waals surface area contributed by atoms with Gasteiger partial charge >= 0.3 is 12.1 Å². The molecule has 1 N–H and O–H groups in total. The molecule has 10 nitrogen and oxygen atoms in total. The lowest BCUT2D eigenvalue weighted by Crippen LogP contribution is -2.40. The van der Waals surface area contributed by atoms with Gasteiger partial charge < -0.3 is 14.7 Å². The number of fused-ring (bicyclic) bond motifs is 2. The van der Waals surface area contributed by atoms with Gasteiger partial charge in [-0.05, 0) is 32.9 Å². The van der Waals surface area contributed by atoms with Crippen molar-refractivity contribution in [3.05, 3.63) is 52.3 Å². The minimum atomic E-state index is -1.20. The zero-order valence-electron chi connectivity index (χ0n) is 18.1. The van der Waals surface area contributed by atoms with Crippen LogP contribution in [-0.4, -0.2) is 67.3 Å². The fourth-order valence-electron chi connectivity index (χ4n) is 3.97. The first kappa shape index (κ1) is 21.5. The summed E-state index contributed by atoms with van der Waals surface area (Å²) >= 11 is 0. The zero-order valence-corrected chi connectivity index (χ0v) is 18.1. The number of ether oxygens (including phenoxy) is 1. The Bertz CT molecular complexity index is 1090. The third-order valence-electron chi connectivity index (χ3n) is 5.40. The number of aromatic carboxylic acids is 1. The summed E-state index contributed by atoms with van der Waals surface area (Å²) in [4.78, 5) is 52.0. The Morgan fingerprint density at radius 1 is 1.09 bits per heavy atom. The molecule has 0 atom stereocenters. The number of benzene rings is 1. The number of aromatic nitrogens is 2. The third-order valence-corrected chi connectivity index (χ3v) is 5.40. The maximum Gasteiger partial charge on any atom is 0.410 e. The Balaban J connectivity index is 1.53. The van der Waals surface area contributed by atoms with Gasteiger partial charge in [0.25, 0.3) is 11.8 Å². The first-order valence-electron chi connectivity index (χ1n) is 10.3. The van der Waals surface area contributed by atoms with Gasteiger partial charge in [-0.25, -0.2) is 9.59 Å². The molecule has 0 fully saturated rings. The van der Waals surface area contributed by atoms with Crippen molar-refractivity contribution in [1.82, 2.24) is 19.6 Å². The molecule has 4 rings (SSSR count). The van der Waals surface area contributed by atoms with Crippen LogP contribution in [0.15, 0.2) is 24.3 Å². The molecule has 0 spiro atoms. The lowest BCUT2D eigenvalue weighted by Gasteiger charge is -2.30. The van der Waals surface area contributed by atoms with Crippen molar-refractivity contribution >= 4 is 23.9 Å². The van der Waals surface area contributed by atoms with Crippen LogP contribution in [0.1, 0.15) is 63.2 Å². The lowest BCUT2D eigenvalue weighted by atomic mass is 10.1. The van der Waals surface area contributed by atoms with Gasteiger partial charge in [0.05, 0.1) is 24.2 Å². The van der Waals surface area contributed by atoms with Gasteiger partial charge in [0, 0.05) is 30.8 Å². The summed E-state index contributed by atoms with van der Waals surface area (Å²) in [6.45, 7) is 5.93. The number of imide groups is 1. The summed E-state index contributed by atoms with van der Waals surface area (Å²) in [6.07, 6.45) is -0.130. The summed E-state index contributed by atoms with van der Waals surface area (Å²) in [5, 5.41) is 13.8. The number of nitrogens with zero attached hydrogens (tertiary/aromatic N) is 4. The molecule has 0 unspecified atom stereocenters. The van der Waals surface area contributed by atoms with Crippen molar-refractivity contribution in [3.8, 4) is 0 Å². The van der Waals surface area contributed by atoms with E-state index in [1.807, 2.05) is 0 Å². The Morgan fingerprint density at radius 2 is 1.72 bits per heavy atom. The number of carbonyl (C=O) groups excluding carboxylic acids is 3. The van der Waals surface area contributed by atoms with Gasteiger partial charge in [-0.15, -0.1) is 0 Å². The summed E-state index contributed by atoms with van der Waals surface area (Å²) in [5.74, 6) is -1.95. The molecule has 32 heavy (non-hydrogen) atoms. The summed E-state index contributed by atoms with van der Waals surface area (Å²) < 4.78 is 6.92. The smallest absolute Gasteiger partial charge is 0.410 e. The monoisotopic (exact) mass is 440 g/mol. The number of carbonyl (C=O) groups is 4. The topological polar surface area (TPSA) is 122 Å². The molecule has 10 heteroatoms. The fraction of sp³-hybridized carbons (Fsp3) is 0.409. The second-order valence-electron chi connectivity index (χ2n) is 8.76. The molecule has 3 amide bonds. The minimum Gasteiger partial charge on any atom is -0.476 e. The fourth-order valence-corrected chi connectivity index (χ4v) is 3.97. The third kappa shape index (κ3) is 3.83. The van der Waals surface area contributed by atoms with Crippen molar-refractivity contribution in [2.24, 2.45) is 0 Å². The van der Waals surface area contributed by atoms with Crippen molar-refractivity contribution < 1.29 is 29.0 Å². The first-order valence-corrected chi connectivity index (χ1v) is 10.3.